The molecule has 5 N–H and O–H groups in total. The second-order valence-corrected chi connectivity index (χ2v) is 15.6. The average molecular weight is 551 g/mol. The SMILES string of the molecule is CC(=O)O[C@@H]1[C@@H](O)[C@H]2[C@@H](C[C@H](O)[C@@]3(O)C[C@@H](O)C[C@H](O)[C@]23C)[C@@H]2CC[C@H]([C@H](C)[C@H]3C[C@@]3(C)[C@@H](C)C(C)C)[C@@]12C. The molecule has 39 heavy (non-hydrogen) atoms. The van der Waals surface area contributed by atoms with Gasteiger partial charge in [0, 0.05) is 30.1 Å². The number of ether oxygens (including phenoxy) is 1. The van der Waals surface area contributed by atoms with E-state index in [9.17, 15) is 30.3 Å². The predicted molar refractivity (Wildman–Crippen MR) is 147 cm³/mol. The van der Waals surface area contributed by atoms with E-state index >= 15 is 0 Å². The van der Waals surface area contributed by atoms with Gasteiger partial charge in [-0.05, 0) is 78.9 Å². The standard InChI is InChI=1S/C32H54O7/c1-15(2)17(4)29(6)14-23(29)16(3)21-9-10-22-20-12-25(36)32(38)13-19(34)11-24(35)31(32,8)26(20)27(37)28(30(21,22)7)39-18(5)33/h15-17,19-28,34-38H,9-14H2,1-8H3/t16-,17-,19-,20-,21+,22-,23+,24-,25-,26+,27-,28+,29-,30+,31+,32-/m0/s1. The molecule has 0 amide bonds. The Morgan fingerprint density at radius 3 is 2.13 bits per heavy atom. The third-order valence-corrected chi connectivity index (χ3v) is 14.0. The summed E-state index contributed by atoms with van der Waals surface area (Å²) in [5.41, 5.74) is -3.19. The normalized spacial score (nSPS) is 56.3. The molecule has 5 aliphatic carbocycles. The first kappa shape index (κ1) is 29.8. The number of aliphatic hydroxyl groups excluding tert-OH is 4. The van der Waals surface area contributed by atoms with Gasteiger partial charge in [0.2, 0.25) is 0 Å². The molecule has 0 saturated heterocycles. The van der Waals surface area contributed by atoms with E-state index in [0.717, 1.165) is 12.8 Å². The molecule has 0 unspecified atom stereocenters. The quantitative estimate of drug-likeness (QED) is 0.331. The summed E-state index contributed by atoms with van der Waals surface area (Å²) < 4.78 is 6.06. The van der Waals surface area contributed by atoms with Crippen LogP contribution in [0.15, 0.2) is 0 Å². The number of carbonyl (C=O) groups is 1. The van der Waals surface area contributed by atoms with Crippen molar-refractivity contribution in [1.29, 1.82) is 0 Å². The van der Waals surface area contributed by atoms with E-state index in [2.05, 4.69) is 41.5 Å². The molecule has 5 aliphatic rings. The van der Waals surface area contributed by atoms with E-state index in [-0.39, 0.29) is 36.0 Å². The first-order valence-corrected chi connectivity index (χ1v) is 15.6. The highest BCUT2D eigenvalue weighted by molar-refractivity contribution is 5.66. The van der Waals surface area contributed by atoms with Gasteiger partial charge < -0.3 is 30.3 Å². The van der Waals surface area contributed by atoms with E-state index in [1.54, 1.807) is 6.92 Å². The molecule has 0 bridgehead atoms. The highest BCUT2D eigenvalue weighted by Gasteiger charge is 2.75. The first-order chi connectivity index (χ1) is 18.0. The lowest BCUT2D eigenvalue weighted by Crippen LogP contribution is -2.77. The first-order valence-electron chi connectivity index (χ1n) is 15.6. The lowest BCUT2D eigenvalue weighted by Gasteiger charge is -2.68. The Morgan fingerprint density at radius 2 is 1.54 bits per heavy atom. The molecule has 0 aromatic rings. The zero-order valence-corrected chi connectivity index (χ0v) is 25.3. The number of aliphatic hydroxyl groups is 5. The van der Waals surface area contributed by atoms with Crippen LogP contribution >= 0.6 is 0 Å². The summed E-state index contributed by atoms with van der Waals surface area (Å²) in [6.45, 7) is 17.1. The van der Waals surface area contributed by atoms with Gasteiger partial charge in [-0.25, -0.2) is 0 Å². The van der Waals surface area contributed by atoms with Crippen LogP contribution in [0.4, 0.5) is 0 Å². The predicted octanol–water partition coefficient (Wildman–Crippen LogP) is 3.53. The van der Waals surface area contributed by atoms with Crippen LogP contribution in [0.1, 0.15) is 93.9 Å². The van der Waals surface area contributed by atoms with Crippen molar-refractivity contribution in [3.63, 3.8) is 0 Å². The smallest absolute Gasteiger partial charge is 0.303 e. The second-order valence-electron chi connectivity index (χ2n) is 15.6. The molecule has 7 heteroatoms. The van der Waals surface area contributed by atoms with E-state index in [1.165, 1.54) is 13.3 Å². The maximum atomic E-state index is 12.5. The molecule has 0 aromatic carbocycles. The van der Waals surface area contributed by atoms with Gasteiger partial charge in [0.15, 0.2) is 0 Å². The van der Waals surface area contributed by atoms with E-state index in [4.69, 9.17) is 4.74 Å². The summed E-state index contributed by atoms with van der Waals surface area (Å²) in [7, 11) is 0. The van der Waals surface area contributed by atoms with E-state index in [1.807, 2.05) is 0 Å². The molecule has 5 fully saturated rings. The summed E-state index contributed by atoms with van der Waals surface area (Å²) in [6.07, 6.45) is -1.63. The zero-order chi connectivity index (χ0) is 29.0. The fraction of sp³-hybridized carbons (Fsp3) is 0.969. The largest absolute Gasteiger partial charge is 0.459 e. The highest BCUT2D eigenvalue weighted by Crippen LogP contribution is 2.72. The number of hydrogen-bond donors (Lipinski definition) is 5. The van der Waals surface area contributed by atoms with Crippen LogP contribution in [-0.4, -0.2) is 67.6 Å². The van der Waals surface area contributed by atoms with Crippen molar-refractivity contribution in [3.05, 3.63) is 0 Å². The summed E-state index contributed by atoms with van der Waals surface area (Å²) in [4.78, 5) is 12.5. The van der Waals surface area contributed by atoms with Gasteiger partial charge in [0.1, 0.15) is 11.7 Å². The Hall–Kier alpha value is -0.730. The summed E-state index contributed by atoms with van der Waals surface area (Å²) in [5, 5.41) is 57.3. The lowest BCUT2D eigenvalue weighted by atomic mass is 9.40. The van der Waals surface area contributed by atoms with Crippen molar-refractivity contribution < 1.29 is 35.1 Å². The fourth-order valence-corrected chi connectivity index (χ4v) is 11.4. The molecular formula is C32H54O7. The fourth-order valence-electron chi connectivity index (χ4n) is 11.4. The van der Waals surface area contributed by atoms with Gasteiger partial charge in [-0.2, -0.15) is 0 Å². The second kappa shape index (κ2) is 9.39. The molecule has 7 nitrogen and oxygen atoms in total. The summed E-state index contributed by atoms with van der Waals surface area (Å²) in [6, 6.07) is 0. The van der Waals surface area contributed by atoms with Crippen LogP contribution in [0.3, 0.4) is 0 Å². The molecule has 5 rings (SSSR count). The Bertz CT molecular complexity index is 970. The van der Waals surface area contributed by atoms with Crippen LogP contribution in [0, 0.1) is 63.6 Å². The Morgan fingerprint density at radius 1 is 0.897 bits per heavy atom. The van der Waals surface area contributed by atoms with Crippen LogP contribution in [0.2, 0.25) is 0 Å². The van der Waals surface area contributed by atoms with E-state index < -0.39 is 58.8 Å². The number of hydrogen-bond acceptors (Lipinski definition) is 7. The number of rotatable bonds is 5. The summed E-state index contributed by atoms with van der Waals surface area (Å²) in [5.74, 6) is 1.35. The van der Waals surface area contributed by atoms with Gasteiger partial charge in [0.05, 0.1) is 24.4 Å². The van der Waals surface area contributed by atoms with Crippen LogP contribution in [0.25, 0.3) is 0 Å². The van der Waals surface area contributed by atoms with Gasteiger partial charge in [-0.3, -0.25) is 4.79 Å². The molecule has 0 aromatic heterocycles. The maximum absolute atomic E-state index is 12.5. The molecule has 5 saturated carbocycles. The van der Waals surface area contributed by atoms with Crippen molar-refractivity contribution in [2.75, 3.05) is 0 Å². The molecule has 0 aliphatic heterocycles. The Kier molecular flexibility index (Phi) is 7.16. The van der Waals surface area contributed by atoms with Gasteiger partial charge in [0.25, 0.3) is 0 Å². The molecule has 0 radical (unpaired) electrons. The van der Waals surface area contributed by atoms with Crippen molar-refractivity contribution in [1.82, 2.24) is 0 Å². The van der Waals surface area contributed by atoms with E-state index in [0.29, 0.717) is 30.1 Å². The molecule has 224 valence electrons. The molecule has 0 spiro atoms. The van der Waals surface area contributed by atoms with Crippen molar-refractivity contribution in [2.24, 2.45) is 63.6 Å². The summed E-state index contributed by atoms with van der Waals surface area (Å²) >= 11 is 0. The zero-order valence-electron chi connectivity index (χ0n) is 25.3. The number of carbonyl (C=O) groups excluding carboxylic acids is 1. The monoisotopic (exact) mass is 550 g/mol. The van der Waals surface area contributed by atoms with Crippen LogP contribution in [-0.2, 0) is 9.53 Å². The number of esters is 1. The molecule has 0 heterocycles. The number of fused-ring (bicyclic) bond motifs is 5. The minimum atomic E-state index is -1.74. The lowest BCUT2D eigenvalue weighted by molar-refractivity contribution is -0.324. The minimum absolute atomic E-state index is 0.0498. The third kappa shape index (κ3) is 3.88. The van der Waals surface area contributed by atoms with Gasteiger partial charge in [-0.1, -0.05) is 48.5 Å². The Labute approximate surface area is 234 Å². The van der Waals surface area contributed by atoms with Crippen molar-refractivity contribution in [3.8, 4) is 0 Å². The maximum Gasteiger partial charge on any atom is 0.303 e. The Balaban J connectivity index is 1.55. The highest BCUT2D eigenvalue weighted by atomic mass is 16.6. The van der Waals surface area contributed by atoms with Crippen LogP contribution in [0.5, 0.6) is 0 Å². The van der Waals surface area contributed by atoms with Gasteiger partial charge in [-0.15, -0.1) is 0 Å². The third-order valence-electron chi connectivity index (χ3n) is 14.0. The minimum Gasteiger partial charge on any atom is -0.459 e. The topological polar surface area (TPSA) is 127 Å². The van der Waals surface area contributed by atoms with Crippen molar-refractivity contribution >= 4 is 5.97 Å². The molecular weight excluding hydrogens is 496 g/mol. The molecule has 16 atom stereocenters. The van der Waals surface area contributed by atoms with Gasteiger partial charge >= 0.3 is 5.97 Å². The van der Waals surface area contributed by atoms with Crippen LogP contribution < -0.4 is 0 Å². The van der Waals surface area contributed by atoms with Crippen molar-refractivity contribution in [2.45, 2.75) is 130 Å². The average Bonchev–Trinajstić information content (AvgIpc) is 3.40.